The summed E-state index contributed by atoms with van der Waals surface area (Å²) in [5.41, 5.74) is 3.15. The zero-order chi connectivity index (χ0) is 14.6. The summed E-state index contributed by atoms with van der Waals surface area (Å²) in [6, 6.07) is 12.0. The maximum Gasteiger partial charge on any atom is 0.242 e. The molecule has 0 spiro atoms. The van der Waals surface area contributed by atoms with E-state index in [-0.39, 0.29) is 11.4 Å². The zero-order valence-electron chi connectivity index (χ0n) is 10.5. The SMILES string of the molecule is NNc1ccccc1S(=O)(=O)NCc1cccc(F)c1. The number of nitrogen functional groups attached to an aromatic ring is 1. The highest BCUT2D eigenvalue weighted by Crippen LogP contribution is 2.19. The van der Waals surface area contributed by atoms with E-state index in [1.165, 1.54) is 24.3 Å². The van der Waals surface area contributed by atoms with Gasteiger partial charge in [0.15, 0.2) is 0 Å². The fourth-order valence-electron chi connectivity index (χ4n) is 1.72. The second kappa shape index (κ2) is 6.00. The van der Waals surface area contributed by atoms with Crippen LogP contribution in [-0.2, 0) is 16.6 Å². The Hall–Kier alpha value is -1.96. The standard InChI is InChI=1S/C13H14FN3O2S/c14-11-5-3-4-10(8-11)9-16-20(18,19)13-7-2-1-6-12(13)17-15/h1-8,16-17H,9,15H2. The van der Waals surface area contributed by atoms with E-state index < -0.39 is 15.8 Å². The van der Waals surface area contributed by atoms with Crippen molar-refractivity contribution in [2.24, 2.45) is 5.84 Å². The summed E-state index contributed by atoms with van der Waals surface area (Å²) in [4.78, 5) is 0.0407. The van der Waals surface area contributed by atoms with Crippen molar-refractivity contribution in [3.05, 3.63) is 59.9 Å². The van der Waals surface area contributed by atoms with Gasteiger partial charge in [-0.15, -0.1) is 0 Å². The van der Waals surface area contributed by atoms with E-state index in [4.69, 9.17) is 5.84 Å². The summed E-state index contributed by atoms with van der Waals surface area (Å²) < 4.78 is 39.8. The predicted octanol–water partition coefficient (Wildman–Crippen LogP) is 1.59. The Morgan fingerprint density at radius 3 is 2.55 bits per heavy atom. The zero-order valence-corrected chi connectivity index (χ0v) is 11.3. The van der Waals surface area contributed by atoms with Crippen molar-refractivity contribution in [2.45, 2.75) is 11.4 Å². The van der Waals surface area contributed by atoms with Crippen LogP contribution in [0.15, 0.2) is 53.4 Å². The van der Waals surface area contributed by atoms with E-state index in [2.05, 4.69) is 10.1 Å². The van der Waals surface area contributed by atoms with Crippen LogP contribution in [0, 0.1) is 5.82 Å². The molecule has 0 radical (unpaired) electrons. The van der Waals surface area contributed by atoms with Gasteiger partial charge in [0.05, 0.1) is 5.69 Å². The molecule has 0 aliphatic heterocycles. The number of hydrogen-bond acceptors (Lipinski definition) is 4. The smallest absolute Gasteiger partial charge is 0.242 e. The molecule has 0 fully saturated rings. The van der Waals surface area contributed by atoms with Crippen LogP contribution < -0.4 is 16.0 Å². The quantitative estimate of drug-likeness (QED) is 0.578. The van der Waals surface area contributed by atoms with Crippen LogP contribution in [0.5, 0.6) is 0 Å². The molecule has 0 saturated carbocycles. The number of hydrogen-bond donors (Lipinski definition) is 3. The van der Waals surface area contributed by atoms with E-state index in [1.54, 1.807) is 24.3 Å². The Morgan fingerprint density at radius 1 is 1.10 bits per heavy atom. The Morgan fingerprint density at radius 2 is 1.85 bits per heavy atom. The summed E-state index contributed by atoms with van der Waals surface area (Å²) in [5.74, 6) is 4.87. The second-order valence-electron chi connectivity index (χ2n) is 4.09. The average molecular weight is 295 g/mol. The molecule has 106 valence electrons. The Balaban J connectivity index is 2.19. The molecule has 0 bridgehead atoms. The van der Waals surface area contributed by atoms with Gasteiger partial charge in [0.1, 0.15) is 10.7 Å². The minimum absolute atomic E-state index is 0.000993. The lowest BCUT2D eigenvalue weighted by Crippen LogP contribution is -2.25. The number of rotatable bonds is 5. The number of hydrazine groups is 1. The van der Waals surface area contributed by atoms with Crippen molar-refractivity contribution in [3.63, 3.8) is 0 Å². The number of sulfonamides is 1. The molecule has 0 unspecified atom stereocenters. The van der Waals surface area contributed by atoms with Crippen LogP contribution in [0.3, 0.4) is 0 Å². The maximum atomic E-state index is 13.0. The molecule has 0 atom stereocenters. The highest BCUT2D eigenvalue weighted by atomic mass is 32.2. The van der Waals surface area contributed by atoms with Gasteiger partial charge >= 0.3 is 0 Å². The fourth-order valence-corrected chi connectivity index (χ4v) is 2.91. The molecule has 2 aromatic rings. The molecule has 20 heavy (non-hydrogen) atoms. The average Bonchev–Trinajstić information content (AvgIpc) is 2.45. The fraction of sp³-hybridized carbons (Fsp3) is 0.0769. The highest BCUT2D eigenvalue weighted by Gasteiger charge is 2.17. The molecular formula is C13H14FN3O2S. The van der Waals surface area contributed by atoms with Crippen molar-refractivity contribution in [1.29, 1.82) is 0 Å². The van der Waals surface area contributed by atoms with Crippen LogP contribution in [0.2, 0.25) is 0 Å². The molecule has 7 heteroatoms. The van der Waals surface area contributed by atoms with Gasteiger partial charge in [0, 0.05) is 6.54 Å². The molecule has 0 aliphatic carbocycles. The number of nitrogens with two attached hydrogens (primary N) is 1. The van der Waals surface area contributed by atoms with Crippen LogP contribution in [0.4, 0.5) is 10.1 Å². The van der Waals surface area contributed by atoms with Crippen LogP contribution >= 0.6 is 0 Å². The molecule has 4 N–H and O–H groups in total. The molecular weight excluding hydrogens is 281 g/mol. The van der Waals surface area contributed by atoms with Gasteiger partial charge in [-0.05, 0) is 29.8 Å². The molecule has 2 rings (SSSR count). The van der Waals surface area contributed by atoms with E-state index in [0.29, 0.717) is 11.3 Å². The Bertz CT molecular complexity index is 704. The van der Waals surface area contributed by atoms with Gasteiger partial charge in [-0.1, -0.05) is 24.3 Å². The lowest BCUT2D eigenvalue weighted by atomic mass is 10.2. The van der Waals surface area contributed by atoms with Gasteiger partial charge in [0.25, 0.3) is 0 Å². The van der Waals surface area contributed by atoms with E-state index in [1.807, 2.05) is 0 Å². The normalized spacial score (nSPS) is 11.3. The lowest BCUT2D eigenvalue weighted by Gasteiger charge is -2.10. The minimum atomic E-state index is -3.73. The Kier molecular flexibility index (Phi) is 4.33. The molecule has 0 heterocycles. The highest BCUT2D eigenvalue weighted by molar-refractivity contribution is 7.89. The number of anilines is 1. The van der Waals surface area contributed by atoms with Gasteiger partial charge < -0.3 is 5.43 Å². The third kappa shape index (κ3) is 3.32. The van der Waals surface area contributed by atoms with Crippen molar-refractivity contribution in [2.75, 3.05) is 5.43 Å². The molecule has 0 aromatic heterocycles. The van der Waals surface area contributed by atoms with Crippen LogP contribution in [0.25, 0.3) is 0 Å². The summed E-state index contributed by atoms with van der Waals surface area (Å²) in [6.45, 7) is -0.000993. The minimum Gasteiger partial charge on any atom is -0.323 e. The Labute approximate surface area is 116 Å². The first-order valence-corrected chi connectivity index (χ1v) is 7.31. The van der Waals surface area contributed by atoms with Crippen LogP contribution in [-0.4, -0.2) is 8.42 Å². The molecule has 0 amide bonds. The predicted molar refractivity (Wildman–Crippen MR) is 74.7 cm³/mol. The first kappa shape index (κ1) is 14.4. The number of para-hydroxylation sites is 1. The van der Waals surface area contributed by atoms with E-state index in [0.717, 1.165) is 0 Å². The topological polar surface area (TPSA) is 84.2 Å². The van der Waals surface area contributed by atoms with Gasteiger partial charge in [-0.2, -0.15) is 0 Å². The summed E-state index contributed by atoms with van der Waals surface area (Å²) in [7, 11) is -3.73. The van der Waals surface area contributed by atoms with Crippen molar-refractivity contribution < 1.29 is 12.8 Å². The lowest BCUT2D eigenvalue weighted by molar-refractivity contribution is 0.580. The number of benzene rings is 2. The summed E-state index contributed by atoms with van der Waals surface area (Å²) in [5, 5.41) is 0. The van der Waals surface area contributed by atoms with Crippen LogP contribution in [0.1, 0.15) is 5.56 Å². The number of halogens is 1. The molecule has 2 aromatic carbocycles. The molecule has 0 aliphatic rings. The molecule has 5 nitrogen and oxygen atoms in total. The first-order chi connectivity index (χ1) is 9.53. The second-order valence-corrected chi connectivity index (χ2v) is 5.83. The van der Waals surface area contributed by atoms with E-state index >= 15 is 0 Å². The maximum absolute atomic E-state index is 13.0. The number of nitrogens with one attached hydrogen (secondary N) is 2. The third-order valence-electron chi connectivity index (χ3n) is 2.69. The van der Waals surface area contributed by atoms with Gasteiger partial charge in [-0.3, -0.25) is 5.84 Å². The van der Waals surface area contributed by atoms with Crippen molar-refractivity contribution in [3.8, 4) is 0 Å². The van der Waals surface area contributed by atoms with Gasteiger partial charge in [-0.25, -0.2) is 17.5 Å². The largest absolute Gasteiger partial charge is 0.323 e. The third-order valence-corrected chi connectivity index (χ3v) is 4.15. The van der Waals surface area contributed by atoms with Crippen molar-refractivity contribution in [1.82, 2.24) is 4.72 Å². The monoisotopic (exact) mass is 295 g/mol. The van der Waals surface area contributed by atoms with E-state index in [9.17, 15) is 12.8 Å². The van der Waals surface area contributed by atoms with Crippen molar-refractivity contribution >= 4 is 15.7 Å². The van der Waals surface area contributed by atoms with Gasteiger partial charge in [0.2, 0.25) is 10.0 Å². The first-order valence-electron chi connectivity index (χ1n) is 5.83. The summed E-state index contributed by atoms with van der Waals surface area (Å²) >= 11 is 0. The molecule has 0 saturated heterocycles. The summed E-state index contributed by atoms with van der Waals surface area (Å²) in [6.07, 6.45) is 0.